The van der Waals surface area contributed by atoms with E-state index >= 15 is 0 Å². The zero-order chi connectivity index (χ0) is 22.5. The van der Waals surface area contributed by atoms with Gasteiger partial charge >= 0.3 is 0 Å². The summed E-state index contributed by atoms with van der Waals surface area (Å²) in [5, 5.41) is 13.8. The Morgan fingerprint density at radius 2 is 1.91 bits per heavy atom. The first-order valence-corrected chi connectivity index (χ1v) is 10.4. The number of hydrogen-bond donors (Lipinski definition) is 0. The predicted molar refractivity (Wildman–Crippen MR) is 121 cm³/mol. The molecule has 0 spiro atoms. The van der Waals surface area contributed by atoms with Crippen LogP contribution in [-0.4, -0.2) is 29.2 Å². The van der Waals surface area contributed by atoms with Gasteiger partial charge in [-0.2, -0.15) is 5.26 Å². The number of nitriles is 1. The smallest absolute Gasteiger partial charge is 0.259 e. The molecule has 2 aromatic carbocycles. The summed E-state index contributed by atoms with van der Waals surface area (Å²) in [5.41, 5.74) is 3.47. The Kier molecular flexibility index (Phi) is 6.13. The SMILES string of the molecule is CCOc1ccc(N(CCC#N)C(=O)c2cc(-c3ccccc3)nc3onc(C)c23)cc1. The third kappa shape index (κ3) is 4.16. The number of ether oxygens (including phenoxy) is 1. The summed E-state index contributed by atoms with van der Waals surface area (Å²) in [6.07, 6.45) is 0.196. The Morgan fingerprint density at radius 1 is 1.16 bits per heavy atom. The second kappa shape index (κ2) is 9.31. The van der Waals surface area contributed by atoms with Gasteiger partial charge in [0.25, 0.3) is 11.6 Å². The molecule has 0 aliphatic heterocycles. The molecule has 4 rings (SSSR count). The molecule has 0 aliphatic carbocycles. The molecule has 0 radical (unpaired) electrons. The lowest BCUT2D eigenvalue weighted by atomic mass is 10.0. The van der Waals surface area contributed by atoms with Crippen molar-refractivity contribution in [3.8, 4) is 23.1 Å². The predicted octanol–water partition coefficient (Wildman–Crippen LogP) is 5.16. The molecule has 7 heteroatoms. The second-order valence-electron chi connectivity index (χ2n) is 7.16. The fourth-order valence-corrected chi connectivity index (χ4v) is 3.56. The molecule has 2 heterocycles. The molecular weight excluding hydrogens is 404 g/mol. The monoisotopic (exact) mass is 426 g/mol. The molecule has 0 aliphatic rings. The number of carbonyl (C=O) groups excluding carboxylic acids is 1. The van der Waals surface area contributed by atoms with Gasteiger partial charge < -0.3 is 14.2 Å². The molecule has 7 nitrogen and oxygen atoms in total. The van der Waals surface area contributed by atoms with Crippen LogP contribution in [-0.2, 0) is 0 Å². The lowest BCUT2D eigenvalue weighted by molar-refractivity contribution is 0.0989. The maximum absolute atomic E-state index is 13.8. The van der Waals surface area contributed by atoms with E-state index in [1.165, 1.54) is 0 Å². The standard InChI is InChI=1S/C25H22N4O3/c1-3-31-20-12-10-19(11-13-20)29(15-7-14-26)25(30)21-16-22(18-8-5-4-6-9-18)27-24-23(21)17(2)28-32-24/h4-6,8-13,16H,3,7,15H2,1-2H3. The van der Waals surface area contributed by atoms with Crippen LogP contribution in [0.1, 0.15) is 29.4 Å². The maximum atomic E-state index is 13.8. The van der Waals surface area contributed by atoms with Gasteiger partial charge in [0.1, 0.15) is 5.75 Å². The molecule has 0 unspecified atom stereocenters. The molecule has 0 saturated heterocycles. The summed E-state index contributed by atoms with van der Waals surface area (Å²) in [7, 11) is 0. The fraction of sp³-hybridized carbons (Fsp3) is 0.200. The summed E-state index contributed by atoms with van der Waals surface area (Å²) < 4.78 is 10.9. The van der Waals surface area contributed by atoms with E-state index in [9.17, 15) is 4.79 Å². The number of rotatable bonds is 7. The van der Waals surface area contributed by atoms with Gasteiger partial charge in [0.15, 0.2) is 0 Å². The molecule has 2 aromatic heterocycles. The van der Waals surface area contributed by atoms with Crippen molar-refractivity contribution in [2.24, 2.45) is 0 Å². The van der Waals surface area contributed by atoms with Gasteiger partial charge in [-0.15, -0.1) is 0 Å². The average Bonchev–Trinajstić information content (AvgIpc) is 3.21. The van der Waals surface area contributed by atoms with E-state index in [0.717, 1.165) is 11.3 Å². The van der Waals surface area contributed by atoms with Crippen LogP contribution >= 0.6 is 0 Å². The first kappa shape index (κ1) is 21.1. The molecule has 32 heavy (non-hydrogen) atoms. The van der Waals surface area contributed by atoms with Crippen LogP contribution in [0.2, 0.25) is 0 Å². The van der Waals surface area contributed by atoms with Crippen molar-refractivity contribution in [1.82, 2.24) is 10.1 Å². The molecule has 1 amide bonds. The van der Waals surface area contributed by atoms with Crippen LogP contribution in [0.4, 0.5) is 5.69 Å². The van der Waals surface area contributed by atoms with Crippen LogP contribution in [0.3, 0.4) is 0 Å². The molecule has 4 aromatic rings. The van der Waals surface area contributed by atoms with Crippen molar-refractivity contribution in [2.45, 2.75) is 20.3 Å². The van der Waals surface area contributed by atoms with Gasteiger partial charge in [-0.3, -0.25) is 4.79 Å². The minimum Gasteiger partial charge on any atom is -0.494 e. The van der Waals surface area contributed by atoms with E-state index < -0.39 is 0 Å². The molecule has 0 N–H and O–H groups in total. The van der Waals surface area contributed by atoms with Crippen LogP contribution in [0.15, 0.2) is 65.2 Å². The van der Waals surface area contributed by atoms with Gasteiger partial charge in [-0.05, 0) is 44.2 Å². The quantitative estimate of drug-likeness (QED) is 0.405. The number of hydrogen-bond acceptors (Lipinski definition) is 6. The zero-order valence-electron chi connectivity index (χ0n) is 17.9. The third-order valence-electron chi connectivity index (χ3n) is 5.07. The summed E-state index contributed by atoms with van der Waals surface area (Å²) in [4.78, 5) is 20.0. The number of aryl methyl sites for hydroxylation is 1. The number of carbonyl (C=O) groups is 1. The average molecular weight is 426 g/mol. The van der Waals surface area contributed by atoms with Crippen molar-refractivity contribution < 1.29 is 14.1 Å². The summed E-state index contributed by atoms with van der Waals surface area (Å²) in [6.45, 7) is 4.50. The number of pyridine rings is 1. The van der Waals surface area contributed by atoms with Crippen molar-refractivity contribution in [2.75, 3.05) is 18.1 Å². The van der Waals surface area contributed by atoms with E-state index in [1.54, 1.807) is 17.9 Å². The van der Waals surface area contributed by atoms with E-state index in [4.69, 9.17) is 14.5 Å². The minimum absolute atomic E-state index is 0.196. The Bertz CT molecular complexity index is 1270. The first-order valence-electron chi connectivity index (χ1n) is 10.4. The Balaban J connectivity index is 1.81. The lowest BCUT2D eigenvalue weighted by Gasteiger charge is -2.23. The number of nitrogens with zero attached hydrogens (tertiary/aromatic N) is 4. The second-order valence-corrected chi connectivity index (χ2v) is 7.16. The van der Waals surface area contributed by atoms with Crippen molar-refractivity contribution >= 4 is 22.7 Å². The highest BCUT2D eigenvalue weighted by Crippen LogP contribution is 2.30. The van der Waals surface area contributed by atoms with Crippen molar-refractivity contribution in [3.63, 3.8) is 0 Å². The Hall–Kier alpha value is -4.18. The van der Waals surface area contributed by atoms with E-state index in [0.29, 0.717) is 40.3 Å². The van der Waals surface area contributed by atoms with Gasteiger partial charge in [-0.1, -0.05) is 35.5 Å². The molecule has 0 fully saturated rings. The minimum atomic E-state index is -0.250. The van der Waals surface area contributed by atoms with Gasteiger partial charge in [0.05, 0.1) is 41.4 Å². The van der Waals surface area contributed by atoms with Crippen LogP contribution in [0, 0.1) is 18.3 Å². The lowest BCUT2D eigenvalue weighted by Crippen LogP contribution is -2.32. The van der Waals surface area contributed by atoms with Gasteiger partial charge in [0.2, 0.25) is 0 Å². The van der Waals surface area contributed by atoms with Crippen LogP contribution < -0.4 is 9.64 Å². The number of anilines is 1. The largest absolute Gasteiger partial charge is 0.494 e. The molecular formula is C25H22N4O3. The Labute approximate surface area is 185 Å². The molecule has 0 bridgehead atoms. The topological polar surface area (TPSA) is 92.2 Å². The zero-order valence-corrected chi connectivity index (χ0v) is 17.9. The molecule has 160 valence electrons. The first-order chi connectivity index (χ1) is 15.6. The molecule has 0 saturated carbocycles. The van der Waals surface area contributed by atoms with Gasteiger partial charge in [0, 0.05) is 17.8 Å². The highest BCUT2D eigenvalue weighted by Gasteiger charge is 2.24. The number of fused-ring (bicyclic) bond motifs is 1. The van der Waals surface area contributed by atoms with Crippen LogP contribution in [0.25, 0.3) is 22.4 Å². The molecule has 0 atom stereocenters. The van der Waals surface area contributed by atoms with Crippen molar-refractivity contribution in [3.05, 3.63) is 71.9 Å². The number of amides is 1. The number of aromatic nitrogens is 2. The Morgan fingerprint density at radius 3 is 2.59 bits per heavy atom. The summed E-state index contributed by atoms with van der Waals surface area (Å²) in [6, 6.07) is 20.7. The van der Waals surface area contributed by atoms with Gasteiger partial charge in [-0.25, -0.2) is 4.98 Å². The summed E-state index contributed by atoms with van der Waals surface area (Å²) in [5.74, 6) is 0.469. The highest BCUT2D eigenvalue weighted by atomic mass is 16.5. The fourth-order valence-electron chi connectivity index (χ4n) is 3.56. The normalized spacial score (nSPS) is 10.7. The van der Waals surface area contributed by atoms with E-state index in [-0.39, 0.29) is 18.9 Å². The van der Waals surface area contributed by atoms with E-state index in [1.807, 2.05) is 61.5 Å². The summed E-state index contributed by atoms with van der Waals surface area (Å²) >= 11 is 0. The highest BCUT2D eigenvalue weighted by molar-refractivity contribution is 6.14. The maximum Gasteiger partial charge on any atom is 0.259 e. The van der Waals surface area contributed by atoms with Crippen LogP contribution in [0.5, 0.6) is 5.75 Å². The number of benzene rings is 2. The van der Waals surface area contributed by atoms with E-state index in [2.05, 4.69) is 16.2 Å². The third-order valence-corrected chi connectivity index (χ3v) is 5.07. The van der Waals surface area contributed by atoms with Crippen molar-refractivity contribution in [1.29, 1.82) is 5.26 Å².